The van der Waals surface area contributed by atoms with E-state index in [9.17, 15) is 5.11 Å². The number of nitrogen functional groups attached to an aromatic ring is 1. The Hall–Kier alpha value is -0.870. The highest BCUT2D eigenvalue weighted by atomic mass is 32.1. The first-order chi connectivity index (χ1) is 11.4. The molecule has 0 spiro atoms. The molecule has 1 aromatic rings. The van der Waals surface area contributed by atoms with Crippen molar-refractivity contribution in [2.24, 2.45) is 28.6 Å². The van der Waals surface area contributed by atoms with E-state index >= 15 is 0 Å². The fourth-order valence-electron chi connectivity index (χ4n) is 6.88. The van der Waals surface area contributed by atoms with Gasteiger partial charge in [-0.25, -0.2) is 4.98 Å². The van der Waals surface area contributed by atoms with Crippen LogP contribution in [-0.2, 0) is 6.42 Å². The maximum Gasteiger partial charge on any atom is 0.180 e. The van der Waals surface area contributed by atoms with Gasteiger partial charge in [-0.15, -0.1) is 11.3 Å². The second-order valence-electron chi connectivity index (χ2n) is 9.11. The van der Waals surface area contributed by atoms with Gasteiger partial charge in [0, 0.05) is 4.88 Å². The lowest BCUT2D eigenvalue weighted by Gasteiger charge is -2.56. The Morgan fingerprint density at radius 1 is 1.21 bits per heavy atom. The summed E-state index contributed by atoms with van der Waals surface area (Å²) in [6.07, 6.45) is 10.6. The van der Waals surface area contributed by atoms with E-state index in [2.05, 4.69) is 19.9 Å². The summed E-state index contributed by atoms with van der Waals surface area (Å²) in [7, 11) is 0. The normalized spacial score (nSPS) is 46.5. The summed E-state index contributed by atoms with van der Waals surface area (Å²) >= 11 is 1.68. The third-order valence-corrected chi connectivity index (χ3v) is 9.20. The van der Waals surface area contributed by atoms with E-state index in [1.807, 2.05) is 0 Å². The zero-order valence-corrected chi connectivity index (χ0v) is 15.5. The minimum absolute atomic E-state index is 0.0853. The highest BCUT2D eigenvalue weighted by Gasteiger charge is 2.58. The predicted octanol–water partition coefficient (Wildman–Crippen LogP) is 4.27. The molecule has 130 valence electrons. The molecule has 0 amide bonds. The lowest BCUT2D eigenvalue weighted by atomic mass is 9.48. The van der Waals surface area contributed by atoms with Gasteiger partial charge in [-0.1, -0.05) is 19.9 Å². The summed E-state index contributed by atoms with van der Waals surface area (Å²) in [6, 6.07) is 0. The molecule has 24 heavy (non-hydrogen) atoms. The van der Waals surface area contributed by atoms with Crippen LogP contribution in [-0.4, -0.2) is 16.2 Å². The molecule has 0 aromatic carbocycles. The number of nitrogens with two attached hydrogens (primary N) is 1. The van der Waals surface area contributed by atoms with E-state index in [4.69, 9.17) is 10.7 Å². The molecule has 0 unspecified atom stereocenters. The van der Waals surface area contributed by atoms with Gasteiger partial charge in [0.15, 0.2) is 5.13 Å². The topological polar surface area (TPSA) is 59.1 Å². The number of aliphatic hydroxyl groups is 1. The number of aryl methyl sites for hydroxylation is 1. The van der Waals surface area contributed by atoms with Crippen LogP contribution >= 0.6 is 11.3 Å². The second-order valence-corrected chi connectivity index (χ2v) is 10.2. The largest absolute Gasteiger partial charge is 0.393 e. The molecule has 6 atom stereocenters. The van der Waals surface area contributed by atoms with E-state index in [0.29, 0.717) is 5.92 Å². The van der Waals surface area contributed by atoms with Crippen LogP contribution < -0.4 is 5.73 Å². The van der Waals surface area contributed by atoms with Gasteiger partial charge in [0.25, 0.3) is 0 Å². The van der Waals surface area contributed by atoms with Crippen LogP contribution in [0.3, 0.4) is 0 Å². The number of aliphatic hydroxyl groups excluding tert-OH is 1. The molecule has 1 heterocycles. The average molecular weight is 345 g/mol. The Morgan fingerprint density at radius 3 is 2.88 bits per heavy atom. The summed E-state index contributed by atoms with van der Waals surface area (Å²) in [6.45, 7) is 4.84. The molecule has 3 nitrogen and oxygen atoms in total. The van der Waals surface area contributed by atoms with Crippen molar-refractivity contribution in [1.82, 2.24) is 4.98 Å². The lowest BCUT2D eigenvalue weighted by molar-refractivity contribution is -0.0579. The standard InChI is InChI=1S/C20H28N2OS/c1-19-10-8-15-17(22-18(21)24-15)14(19)4-3-11-12-5-6-16(23)20(12,2)9-7-13(11)19/h4,11-13,16,23H,3,5-10H2,1-2H3,(H2,21,22)/t11-,12-,13-,16-,19+,20-/m0/s1. The van der Waals surface area contributed by atoms with Crippen molar-refractivity contribution in [3.05, 3.63) is 16.6 Å². The molecule has 2 saturated carbocycles. The van der Waals surface area contributed by atoms with Crippen molar-refractivity contribution in [3.63, 3.8) is 0 Å². The highest BCUT2D eigenvalue weighted by Crippen LogP contribution is 2.65. The first-order valence-electron chi connectivity index (χ1n) is 9.58. The van der Waals surface area contributed by atoms with Crippen molar-refractivity contribution in [3.8, 4) is 0 Å². The van der Waals surface area contributed by atoms with Gasteiger partial charge in [-0.05, 0) is 79.1 Å². The molecule has 0 bridgehead atoms. The van der Waals surface area contributed by atoms with Crippen LogP contribution in [0.25, 0.3) is 5.57 Å². The Kier molecular flexibility index (Phi) is 3.11. The number of hydrogen-bond donors (Lipinski definition) is 2. The number of hydrogen-bond acceptors (Lipinski definition) is 4. The predicted molar refractivity (Wildman–Crippen MR) is 98.6 cm³/mol. The molecule has 0 radical (unpaired) electrons. The smallest absolute Gasteiger partial charge is 0.180 e. The van der Waals surface area contributed by atoms with E-state index in [0.717, 1.165) is 29.8 Å². The van der Waals surface area contributed by atoms with Gasteiger partial charge in [-0.3, -0.25) is 0 Å². The second kappa shape index (κ2) is 4.85. The van der Waals surface area contributed by atoms with E-state index in [1.54, 1.807) is 11.3 Å². The number of nitrogens with zero attached hydrogens (tertiary/aromatic N) is 1. The van der Waals surface area contributed by atoms with Crippen LogP contribution in [0.4, 0.5) is 5.13 Å². The van der Waals surface area contributed by atoms with Gasteiger partial charge in [0.05, 0.1) is 11.8 Å². The van der Waals surface area contributed by atoms with Crippen LogP contribution in [0.5, 0.6) is 0 Å². The van der Waals surface area contributed by atoms with Crippen molar-refractivity contribution in [1.29, 1.82) is 0 Å². The first-order valence-corrected chi connectivity index (χ1v) is 10.4. The molecule has 1 aromatic heterocycles. The van der Waals surface area contributed by atoms with Gasteiger partial charge < -0.3 is 10.8 Å². The van der Waals surface area contributed by atoms with Gasteiger partial charge in [0.2, 0.25) is 0 Å². The summed E-state index contributed by atoms with van der Waals surface area (Å²) in [5.41, 5.74) is 9.12. The van der Waals surface area contributed by atoms with Gasteiger partial charge in [-0.2, -0.15) is 0 Å². The van der Waals surface area contributed by atoms with Crippen molar-refractivity contribution >= 4 is 22.0 Å². The highest BCUT2D eigenvalue weighted by molar-refractivity contribution is 7.15. The van der Waals surface area contributed by atoms with Gasteiger partial charge in [0.1, 0.15) is 0 Å². The SMILES string of the molecule is C[C@]12CC[C@H]3[C@@H](CC=C4c5nc(N)sc5CC[C@@]43C)[C@@H]1CC[C@@H]2O. The number of fused-ring (bicyclic) bond motifs is 7. The molecule has 0 aliphatic heterocycles. The third kappa shape index (κ3) is 1.79. The molecular formula is C20H28N2OS. The van der Waals surface area contributed by atoms with E-state index in [1.165, 1.54) is 48.2 Å². The first kappa shape index (κ1) is 15.4. The molecule has 3 N–H and O–H groups in total. The summed E-state index contributed by atoms with van der Waals surface area (Å²) in [5, 5.41) is 11.3. The molecule has 4 heteroatoms. The minimum atomic E-state index is -0.0853. The number of anilines is 1. The zero-order chi connectivity index (χ0) is 16.7. The quantitative estimate of drug-likeness (QED) is 0.739. The number of rotatable bonds is 0. The van der Waals surface area contributed by atoms with Gasteiger partial charge >= 0.3 is 0 Å². The zero-order valence-electron chi connectivity index (χ0n) is 14.7. The molecular weight excluding hydrogens is 316 g/mol. The number of aromatic nitrogens is 1. The summed E-state index contributed by atoms with van der Waals surface area (Å²) in [4.78, 5) is 6.09. The number of allylic oxidation sites excluding steroid dienone is 2. The minimum Gasteiger partial charge on any atom is -0.393 e. The molecule has 5 rings (SSSR count). The Balaban J connectivity index is 1.57. The van der Waals surface area contributed by atoms with Crippen molar-refractivity contribution < 1.29 is 5.11 Å². The average Bonchev–Trinajstić information content (AvgIpc) is 3.06. The van der Waals surface area contributed by atoms with Crippen molar-refractivity contribution in [2.75, 3.05) is 5.73 Å². The van der Waals surface area contributed by atoms with Crippen LogP contribution in [0.15, 0.2) is 6.08 Å². The maximum absolute atomic E-state index is 10.6. The molecule has 0 saturated heterocycles. The Morgan fingerprint density at radius 2 is 2.04 bits per heavy atom. The van der Waals surface area contributed by atoms with Crippen molar-refractivity contribution in [2.45, 2.75) is 64.9 Å². The van der Waals surface area contributed by atoms with Crippen LogP contribution in [0.2, 0.25) is 0 Å². The summed E-state index contributed by atoms with van der Waals surface area (Å²) in [5.74, 6) is 2.19. The fourth-order valence-corrected chi connectivity index (χ4v) is 7.72. The van der Waals surface area contributed by atoms with E-state index < -0.39 is 0 Å². The number of thiazole rings is 1. The molecule has 4 aliphatic carbocycles. The Labute approximate surface area is 148 Å². The maximum atomic E-state index is 10.6. The fraction of sp³-hybridized carbons (Fsp3) is 0.750. The Bertz CT molecular complexity index is 725. The van der Waals surface area contributed by atoms with Crippen LogP contribution in [0.1, 0.15) is 62.9 Å². The molecule has 2 fully saturated rings. The van der Waals surface area contributed by atoms with Crippen LogP contribution in [0, 0.1) is 28.6 Å². The lowest BCUT2D eigenvalue weighted by Crippen LogP contribution is -2.50. The molecule has 4 aliphatic rings. The van der Waals surface area contributed by atoms with E-state index in [-0.39, 0.29) is 16.9 Å². The third-order valence-electron chi connectivity index (χ3n) is 8.26. The monoisotopic (exact) mass is 344 g/mol. The summed E-state index contributed by atoms with van der Waals surface area (Å²) < 4.78 is 0.